The smallest absolute Gasteiger partial charge is 0.372 e. The predicted octanol–water partition coefficient (Wildman–Crippen LogP) is 11.0. The van der Waals surface area contributed by atoms with Gasteiger partial charge in [0.1, 0.15) is 18.3 Å². The maximum absolute atomic E-state index is 17.4. The van der Waals surface area contributed by atoms with E-state index in [0.29, 0.717) is 34.0 Å². The second kappa shape index (κ2) is 23.7. The zero-order valence-corrected chi connectivity index (χ0v) is 56.4. The van der Waals surface area contributed by atoms with Crippen molar-refractivity contribution in [2.45, 2.75) is 231 Å². The molecule has 0 saturated carbocycles. The number of carbonyl (C=O) groups excluding carboxylic acids is 1. The summed E-state index contributed by atoms with van der Waals surface area (Å²) in [6, 6.07) is 0. The number of nitrogens with two attached hydrogens (primary N) is 1. The van der Waals surface area contributed by atoms with Crippen LogP contribution in [-0.2, 0) is 45.2 Å². The first-order chi connectivity index (χ1) is 37.5. The lowest BCUT2D eigenvalue weighted by molar-refractivity contribution is -0.351. The Morgan fingerprint density at radius 3 is 1.49 bits per heavy atom. The quantitative estimate of drug-likeness (QED) is 0.0882. The molecule has 4 aromatic rings. The summed E-state index contributed by atoms with van der Waals surface area (Å²) in [6.45, 7) is 40.4. The first-order valence-electron chi connectivity index (χ1n) is 28.8. The molecule has 22 nitrogen and oxygen atoms in total. The van der Waals surface area contributed by atoms with Crippen LogP contribution in [0.2, 0.25) is 44.3 Å². The minimum atomic E-state index is -3.10. The van der Waals surface area contributed by atoms with E-state index in [1.165, 1.54) is 31.1 Å². The number of rotatable bonds is 14. The van der Waals surface area contributed by atoms with Gasteiger partial charge >= 0.3 is 34.2 Å². The summed E-state index contributed by atoms with van der Waals surface area (Å²) >= 11 is 0. The fourth-order valence-electron chi connectivity index (χ4n) is 12.0. The Bertz CT molecular complexity index is 2820. The molecular weight excluding hydrogens is 1110 g/mol. The van der Waals surface area contributed by atoms with Gasteiger partial charge < -0.3 is 46.5 Å². The van der Waals surface area contributed by atoms with Crippen molar-refractivity contribution >= 4 is 86.0 Å². The number of amides is 1. The third-order valence-corrected chi connectivity index (χ3v) is 36.8. The van der Waals surface area contributed by atoms with Gasteiger partial charge in [-0.2, -0.15) is 19.9 Å². The Hall–Kier alpha value is -3.66. The fraction of sp³-hybridized carbons (Fsp3) is 0.792. The molecule has 0 aromatic carbocycles. The lowest BCUT2D eigenvalue weighted by Crippen LogP contribution is -2.66. The summed E-state index contributed by atoms with van der Waals surface area (Å²) in [5, 5.41) is 2.77. The van der Waals surface area contributed by atoms with Gasteiger partial charge in [-0.15, -0.1) is 0 Å². The average Bonchev–Trinajstić information content (AvgIpc) is 4.32. The number of carbonyl (C=O) groups is 1. The molecule has 456 valence electrons. The lowest BCUT2D eigenvalue weighted by Gasteiger charge is -2.51. The topological polar surface area (TPSA) is 232 Å². The Morgan fingerprint density at radius 2 is 1.04 bits per heavy atom. The van der Waals surface area contributed by atoms with Crippen molar-refractivity contribution in [2.75, 3.05) is 55.6 Å². The number of nitrogens with one attached hydrogen (secondary N) is 1. The molecule has 4 aliphatic heterocycles. The van der Waals surface area contributed by atoms with E-state index in [1.54, 1.807) is 28.2 Å². The van der Waals surface area contributed by atoms with Crippen LogP contribution in [0.5, 0.6) is 0 Å². The number of hydrogen-bond acceptors (Lipinski definition) is 19. The van der Waals surface area contributed by atoms with Crippen LogP contribution >= 0.6 is 0 Å². The number of halogens is 2. The van der Waals surface area contributed by atoms with Gasteiger partial charge in [0.2, 0.25) is 24.1 Å². The second-order valence-corrected chi connectivity index (χ2v) is 43.5. The zero-order chi connectivity index (χ0) is 60.6. The number of anilines is 4. The molecule has 81 heavy (non-hydrogen) atoms. The summed E-state index contributed by atoms with van der Waals surface area (Å²) in [7, 11) is -4.68. The van der Waals surface area contributed by atoms with Gasteiger partial charge in [-0.25, -0.2) is 28.2 Å². The van der Waals surface area contributed by atoms with Gasteiger partial charge in [-0.3, -0.25) is 19.2 Å². The molecule has 4 fully saturated rings. The van der Waals surface area contributed by atoms with E-state index in [1.807, 2.05) is 28.2 Å². The van der Waals surface area contributed by atoms with Crippen LogP contribution in [0.1, 0.15) is 151 Å². The van der Waals surface area contributed by atoms with Gasteiger partial charge in [-0.1, -0.05) is 125 Å². The molecule has 8 heterocycles. The number of aromatic nitrogens is 8. The molecule has 0 radical (unpaired) electrons. The Labute approximate surface area is 482 Å². The van der Waals surface area contributed by atoms with Crippen molar-refractivity contribution in [1.29, 1.82) is 0 Å². The van der Waals surface area contributed by atoms with Gasteiger partial charge in [-0.05, 0) is 58.2 Å². The molecule has 3 N–H and O–H groups in total. The first-order valence-corrected chi connectivity index (χ1v) is 36.7. The summed E-state index contributed by atoms with van der Waals surface area (Å²) in [5.41, 5.74) is 4.18. The van der Waals surface area contributed by atoms with E-state index in [9.17, 15) is 4.79 Å². The van der Waals surface area contributed by atoms with Crippen LogP contribution in [0.25, 0.3) is 22.3 Å². The molecule has 0 bridgehead atoms. The molecule has 4 saturated heterocycles. The fourth-order valence-corrected chi connectivity index (χ4v) is 33.9. The number of imidazole rings is 2. The summed E-state index contributed by atoms with van der Waals surface area (Å²) in [5.74, 6) is 0.691. The molecule has 8 atom stereocenters. The molecule has 0 unspecified atom stereocenters. The number of nitrogen functional groups attached to an aromatic ring is 1. The van der Waals surface area contributed by atoms with Crippen LogP contribution in [0.4, 0.5) is 32.3 Å². The molecule has 0 aliphatic carbocycles. The monoisotopic (exact) mass is 1210 g/mol. The van der Waals surface area contributed by atoms with Crippen molar-refractivity contribution in [1.82, 2.24) is 39.0 Å². The van der Waals surface area contributed by atoms with Crippen LogP contribution in [0, 0.1) is 5.92 Å². The maximum atomic E-state index is 17.4. The molecule has 4 aliphatic rings. The lowest BCUT2D eigenvalue weighted by atomic mass is 9.98. The highest BCUT2D eigenvalue weighted by molar-refractivity contribution is 6.84. The van der Waals surface area contributed by atoms with Gasteiger partial charge in [0.25, 0.3) is 0 Å². The van der Waals surface area contributed by atoms with Crippen molar-refractivity contribution in [2.24, 2.45) is 5.92 Å². The molecule has 4 aromatic heterocycles. The largest absolute Gasteiger partial charge is 0.414 e. The van der Waals surface area contributed by atoms with Crippen LogP contribution in [-0.4, -0.2) is 150 Å². The standard InChI is InChI=1S/C29H51FN6O5Si2.C24H43FN6O5Si2/c1-16(2)26(37)34-28-32-24(35(12)13)22-25(33-28)36(15-31-22)27-29(11,30)23-21(39-27)14-38-42(17(3)4,18(5)6)41-43(40-23,19(7)8)20(9)10;1-13(2)37(14(3)4)34-18-21(33-35-38(36-37,15(5)6)16(7)8)32-22(24(18,9)25)31-12-27-17-19(30(10)11)28-23(26)29-20(17)31/h15-21,23,27H,14H2,1-13H3,(H,32,33,34,37);12-16,18,21-22H,1-11H3,(H2,26,28,29)/t21-,23-,27-,29-;18-,21-,22-,24-/m11/s1. The van der Waals surface area contributed by atoms with Gasteiger partial charge in [0, 0.05) is 34.1 Å². The highest BCUT2D eigenvalue weighted by Crippen LogP contribution is 2.55. The second-order valence-electron chi connectivity index (χ2n) is 25.9. The van der Waals surface area contributed by atoms with Crippen LogP contribution in [0.3, 0.4) is 0 Å². The van der Waals surface area contributed by atoms with E-state index in [4.69, 9.17) is 46.2 Å². The van der Waals surface area contributed by atoms with Crippen molar-refractivity contribution in [3.8, 4) is 0 Å². The van der Waals surface area contributed by atoms with E-state index >= 15 is 8.78 Å². The average molecular weight is 1210 g/mol. The van der Waals surface area contributed by atoms with Gasteiger partial charge in [0.05, 0.1) is 19.3 Å². The van der Waals surface area contributed by atoms with Crippen molar-refractivity contribution in [3.63, 3.8) is 0 Å². The minimum absolute atomic E-state index is 0.0216. The molecule has 28 heteroatoms. The SMILES string of the molecule is CC(C)C(=O)Nc1nc(N(C)C)c2ncn([C@@H]3O[C@@H]4CO[Si](C(C)C)(C(C)C)O[Si](C(C)C)(C(C)C)O[C@H]4[C@@]3(C)F)c2n1.CC(C)[Si]1(C(C)C)OO[C@H]2O[C@@H](n3cnc4c(N(C)C)nc(N)nc43)[C@](C)(F)[C@@H]2O[Si](C(C)C)(C(C)C)O1. The Balaban J connectivity index is 0.000000235. The summed E-state index contributed by atoms with van der Waals surface area (Å²) in [6.07, 6.45) is -3.13. The summed E-state index contributed by atoms with van der Waals surface area (Å²) < 4.78 is 91.7. The van der Waals surface area contributed by atoms with E-state index in [0.717, 1.165) is 0 Å². The Kier molecular flexibility index (Phi) is 19.0. The normalized spacial score (nSPS) is 28.2. The Morgan fingerprint density at radius 1 is 0.617 bits per heavy atom. The molecule has 0 spiro atoms. The number of fused-ring (bicyclic) bond motifs is 4. The van der Waals surface area contributed by atoms with Crippen molar-refractivity contribution in [3.05, 3.63) is 12.7 Å². The molecule has 8 rings (SSSR count). The van der Waals surface area contributed by atoms with Gasteiger partial charge in [0.15, 0.2) is 57.8 Å². The third-order valence-electron chi connectivity index (χ3n) is 16.6. The van der Waals surface area contributed by atoms with E-state index in [-0.39, 0.29) is 74.7 Å². The minimum Gasteiger partial charge on any atom is -0.414 e. The maximum Gasteiger partial charge on any atom is 0.372 e. The van der Waals surface area contributed by atoms with Crippen LogP contribution < -0.4 is 20.9 Å². The first kappa shape index (κ1) is 64.9. The summed E-state index contributed by atoms with van der Waals surface area (Å²) in [4.78, 5) is 48.9. The van der Waals surface area contributed by atoms with Crippen molar-refractivity contribution < 1.29 is 54.0 Å². The highest BCUT2D eigenvalue weighted by Gasteiger charge is 2.68. The number of ether oxygens (including phenoxy) is 2. The number of hydrogen-bond donors (Lipinski definition) is 2. The van der Waals surface area contributed by atoms with E-state index in [2.05, 4.69) is 146 Å². The van der Waals surface area contributed by atoms with E-state index < -0.39 is 82.6 Å². The number of alkyl halides is 2. The molecular formula is C53H94F2N12O10Si4. The van der Waals surface area contributed by atoms with Crippen LogP contribution in [0.15, 0.2) is 12.7 Å². The zero-order valence-electron chi connectivity index (χ0n) is 52.4. The predicted molar refractivity (Wildman–Crippen MR) is 318 cm³/mol. The molecule has 1 amide bonds. The third kappa shape index (κ3) is 11.4. The highest BCUT2D eigenvalue weighted by atomic mass is 28.5. The number of nitrogens with zero attached hydrogens (tertiary/aromatic N) is 10.